The van der Waals surface area contributed by atoms with E-state index in [0.717, 1.165) is 15.9 Å². The predicted octanol–water partition coefficient (Wildman–Crippen LogP) is 4.47. The minimum Gasteiger partial charge on any atom is -0.497 e. The van der Waals surface area contributed by atoms with E-state index in [1.807, 2.05) is 36.4 Å². The zero-order chi connectivity index (χ0) is 17.1. The lowest BCUT2D eigenvalue weighted by molar-refractivity contribution is 0.104. The third kappa shape index (κ3) is 3.58. The van der Waals surface area contributed by atoms with Gasteiger partial charge >= 0.3 is 0 Å². The summed E-state index contributed by atoms with van der Waals surface area (Å²) in [6, 6.07) is 14.6. The second-order valence-corrected chi connectivity index (χ2v) is 6.84. The molecule has 5 nitrogen and oxygen atoms in total. The molecule has 1 heterocycles. The van der Waals surface area contributed by atoms with Gasteiger partial charge in [0.25, 0.3) is 0 Å². The molecular weight excluding hydrogens is 390 g/mol. The Morgan fingerprint density at radius 2 is 2.00 bits per heavy atom. The van der Waals surface area contributed by atoms with Crippen LogP contribution in [-0.2, 0) is 0 Å². The number of hydrogen-bond acceptors (Lipinski definition) is 6. The van der Waals surface area contributed by atoms with Gasteiger partial charge < -0.3 is 15.8 Å². The number of thiazole rings is 1. The van der Waals surface area contributed by atoms with Crippen LogP contribution in [0.15, 0.2) is 53.0 Å². The summed E-state index contributed by atoms with van der Waals surface area (Å²) < 4.78 is 6.10. The van der Waals surface area contributed by atoms with E-state index in [2.05, 4.69) is 26.2 Å². The largest absolute Gasteiger partial charge is 0.497 e. The van der Waals surface area contributed by atoms with Crippen LogP contribution in [0.3, 0.4) is 0 Å². The molecule has 0 bridgehead atoms. The molecule has 3 rings (SSSR count). The number of nitrogen functional groups attached to an aromatic ring is 1. The fourth-order valence-electron chi connectivity index (χ4n) is 2.10. The number of anilines is 3. The van der Waals surface area contributed by atoms with Gasteiger partial charge in [-0.25, -0.2) is 4.98 Å². The van der Waals surface area contributed by atoms with Gasteiger partial charge in [0, 0.05) is 21.8 Å². The quantitative estimate of drug-likeness (QED) is 0.614. The summed E-state index contributed by atoms with van der Waals surface area (Å²) in [7, 11) is 1.61. The van der Waals surface area contributed by atoms with Gasteiger partial charge in [-0.05, 0) is 36.4 Å². The standard InChI is InChI=1S/C17H14BrN3O2S/c1-23-13-4-2-3-12(9-13)20-17-21-16(19)15(24-17)14(22)10-5-7-11(18)8-6-10/h2-9H,19H2,1H3,(H,20,21). The van der Waals surface area contributed by atoms with Crippen molar-refractivity contribution in [1.29, 1.82) is 0 Å². The molecule has 0 fully saturated rings. The van der Waals surface area contributed by atoms with E-state index in [9.17, 15) is 4.79 Å². The Labute approximate surface area is 151 Å². The first-order valence-electron chi connectivity index (χ1n) is 7.04. The van der Waals surface area contributed by atoms with Crippen LogP contribution in [0.2, 0.25) is 0 Å². The van der Waals surface area contributed by atoms with Gasteiger partial charge in [-0.1, -0.05) is 33.3 Å². The highest BCUT2D eigenvalue weighted by Gasteiger charge is 2.18. The molecule has 3 aromatic rings. The molecule has 0 aliphatic rings. The monoisotopic (exact) mass is 403 g/mol. The minimum atomic E-state index is -0.142. The smallest absolute Gasteiger partial charge is 0.206 e. The Bertz CT molecular complexity index is 878. The van der Waals surface area contributed by atoms with Crippen LogP contribution in [0.4, 0.5) is 16.6 Å². The SMILES string of the molecule is COc1cccc(Nc2nc(N)c(C(=O)c3ccc(Br)cc3)s2)c1. The van der Waals surface area contributed by atoms with E-state index in [-0.39, 0.29) is 11.6 Å². The molecule has 7 heteroatoms. The van der Waals surface area contributed by atoms with Crippen molar-refractivity contribution in [2.24, 2.45) is 0 Å². The number of ether oxygens (including phenoxy) is 1. The lowest BCUT2D eigenvalue weighted by Crippen LogP contribution is -2.02. The van der Waals surface area contributed by atoms with Gasteiger partial charge in [0.2, 0.25) is 5.78 Å². The molecule has 0 aliphatic carbocycles. The lowest BCUT2D eigenvalue weighted by Gasteiger charge is -2.04. The fourth-order valence-corrected chi connectivity index (χ4v) is 3.24. The van der Waals surface area contributed by atoms with Crippen LogP contribution < -0.4 is 15.8 Å². The summed E-state index contributed by atoms with van der Waals surface area (Å²) in [5.41, 5.74) is 7.31. The summed E-state index contributed by atoms with van der Waals surface area (Å²) >= 11 is 4.58. The first-order valence-corrected chi connectivity index (χ1v) is 8.65. The normalized spacial score (nSPS) is 10.4. The van der Waals surface area contributed by atoms with Crippen LogP contribution in [0.1, 0.15) is 15.2 Å². The number of benzene rings is 2. The summed E-state index contributed by atoms with van der Waals surface area (Å²) in [5.74, 6) is 0.810. The topological polar surface area (TPSA) is 77.2 Å². The van der Waals surface area contributed by atoms with Crippen molar-refractivity contribution in [3.05, 3.63) is 63.4 Å². The number of hydrogen-bond donors (Lipinski definition) is 2. The average Bonchev–Trinajstić information content (AvgIpc) is 2.95. The van der Waals surface area contributed by atoms with Gasteiger partial charge in [-0.3, -0.25) is 4.79 Å². The third-order valence-electron chi connectivity index (χ3n) is 3.29. The Balaban J connectivity index is 1.84. The Morgan fingerprint density at radius 1 is 1.25 bits per heavy atom. The van der Waals surface area contributed by atoms with E-state index in [4.69, 9.17) is 10.5 Å². The van der Waals surface area contributed by atoms with Gasteiger partial charge in [-0.2, -0.15) is 0 Å². The second kappa shape index (κ2) is 7.02. The maximum absolute atomic E-state index is 12.6. The summed E-state index contributed by atoms with van der Waals surface area (Å²) in [6.45, 7) is 0. The van der Waals surface area contributed by atoms with E-state index in [1.165, 1.54) is 11.3 Å². The Hall–Kier alpha value is -2.38. The van der Waals surface area contributed by atoms with Crippen molar-refractivity contribution in [3.63, 3.8) is 0 Å². The highest BCUT2D eigenvalue weighted by atomic mass is 79.9. The molecule has 0 aliphatic heterocycles. The van der Waals surface area contributed by atoms with Crippen molar-refractivity contribution < 1.29 is 9.53 Å². The zero-order valence-electron chi connectivity index (χ0n) is 12.7. The van der Waals surface area contributed by atoms with Crippen molar-refractivity contribution >= 4 is 49.7 Å². The molecule has 2 aromatic carbocycles. The molecule has 1 aromatic heterocycles. The van der Waals surface area contributed by atoms with E-state index in [0.29, 0.717) is 15.6 Å². The number of nitrogens with zero attached hydrogens (tertiary/aromatic N) is 1. The second-order valence-electron chi connectivity index (χ2n) is 4.93. The third-order valence-corrected chi connectivity index (χ3v) is 4.80. The van der Waals surface area contributed by atoms with E-state index in [1.54, 1.807) is 19.2 Å². The number of methoxy groups -OCH3 is 1. The highest BCUT2D eigenvalue weighted by molar-refractivity contribution is 9.10. The van der Waals surface area contributed by atoms with E-state index < -0.39 is 0 Å². The predicted molar refractivity (Wildman–Crippen MR) is 100 cm³/mol. The molecule has 0 amide bonds. The molecule has 0 saturated carbocycles. The molecule has 122 valence electrons. The molecule has 0 unspecified atom stereocenters. The molecule has 0 atom stereocenters. The number of aromatic nitrogens is 1. The van der Waals surface area contributed by atoms with Gasteiger partial charge in [0.05, 0.1) is 7.11 Å². The molecular formula is C17H14BrN3O2S. The van der Waals surface area contributed by atoms with Gasteiger partial charge in [-0.15, -0.1) is 0 Å². The Morgan fingerprint density at radius 3 is 2.71 bits per heavy atom. The van der Waals surface area contributed by atoms with Crippen LogP contribution in [0, 0.1) is 0 Å². The fraction of sp³-hybridized carbons (Fsp3) is 0.0588. The Kier molecular flexibility index (Phi) is 4.82. The van der Waals surface area contributed by atoms with Crippen LogP contribution in [0.5, 0.6) is 5.75 Å². The van der Waals surface area contributed by atoms with Gasteiger partial charge in [0.1, 0.15) is 16.4 Å². The molecule has 0 spiro atoms. The van der Waals surface area contributed by atoms with Crippen LogP contribution >= 0.6 is 27.3 Å². The summed E-state index contributed by atoms with van der Waals surface area (Å²) in [6.07, 6.45) is 0. The average molecular weight is 404 g/mol. The molecule has 3 N–H and O–H groups in total. The van der Waals surface area contributed by atoms with Crippen molar-refractivity contribution in [2.45, 2.75) is 0 Å². The van der Waals surface area contributed by atoms with Crippen LogP contribution in [-0.4, -0.2) is 17.9 Å². The summed E-state index contributed by atoms with van der Waals surface area (Å²) in [4.78, 5) is 17.2. The summed E-state index contributed by atoms with van der Waals surface area (Å²) in [5, 5.41) is 3.70. The van der Waals surface area contributed by atoms with E-state index >= 15 is 0 Å². The number of rotatable bonds is 5. The zero-order valence-corrected chi connectivity index (χ0v) is 15.1. The highest BCUT2D eigenvalue weighted by Crippen LogP contribution is 2.30. The van der Waals surface area contributed by atoms with Crippen molar-refractivity contribution in [1.82, 2.24) is 4.98 Å². The van der Waals surface area contributed by atoms with Gasteiger partial charge in [0.15, 0.2) is 5.13 Å². The van der Waals surface area contributed by atoms with Crippen molar-refractivity contribution in [2.75, 3.05) is 18.2 Å². The van der Waals surface area contributed by atoms with Crippen LogP contribution in [0.25, 0.3) is 0 Å². The molecule has 0 radical (unpaired) electrons. The number of nitrogens with two attached hydrogens (primary N) is 1. The maximum Gasteiger partial charge on any atom is 0.206 e. The molecule has 0 saturated heterocycles. The lowest BCUT2D eigenvalue weighted by atomic mass is 10.1. The number of ketones is 1. The maximum atomic E-state index is 12.6. The number of carbonyl (C=O) groups excluding carboxylic acids is 1. The van der Waals surface area contributed by atoms with Crippen molar-refractivity contribution in [3.8, 4) is 5.75 Å². The first-order chi connectivity index (χ1) is 11.6. The molecule has 24 heavy (non-hydrogen) atoms. The minimum absolute atomic E-state index is 0.142. The number of halogens is 1. The first kappa shape index (κ1) is 16.5. The number of carbonyl (C=O) groups is 1. The number of nitrogens with one attached hydrogen (secondary N) is 1.